The van der Waals surface area contributed by atoms with Crippen LogP contribution >= 0.6 is 23.2 Å². The van der Waals surface area contributed by atoms with E-state index >= 15 is 0 Å². The number of hydrogen-bond acceptors (Lipinski definition) is 5. The smallest absolute Gasteiger partial charge is 0.304 e. The molecule has 0 saturated heterocycles. The van der Waals surface area contributed by atoms with Gasteiger partial charge in [-0.25, -0.2) is 4.98 Å². The summed E-state index contributed by atoms with van der Waals surface area (Å²) in [6.07, 6.45) is -0.616. The zero-order chi connectivity index (χ0) is 20.7. The maximum absolute atomic E-state index is 11.7. The summed E-state index contributed by atoms with van der Waals surface area (Å²) in [6, 6.07) is 11.1. The number of fused-ring (bicyclic) bond motifs is 3. The largest absolute Gasteiger partial charge is 0.439 e. The number of hydrogen-bond donors (Lipinski definition) is 1. The highest BCUT2D eigenvalue weighted by Crippen LogP contribution is 2.42. The monoisotopic (exact) mass is 432 g/mol. The fourth-order valence-corrected chi connectivity index (χ4v) is 4.48. The topological polar surface area (TPSA) is 59.4 Å². The number of halogens is 2. The van der Waals surface area contributed by atoms with Gasteiger partial charge in [-0.05, 0) is 43.7 Å². The second-order valence-electron chi connectivity index (χ2n) is 6.91. The van der Waals surface area contributed by atoms with Crippen molar-refractivity contribution in [3.8, 4) is 0 Å². The van der Waals surface area contributed by atoms with Crippen molar-refractivity contribution in [2.45, 2.75) is 33.0 Å². The van der Waals surface area contributed by atoms with Gasteiger partial charge in [0.05, 0.1) is 11.2 Å². The lowest BCUT2D eigenvalue weighted by Crippen LogP contribution is -2.29. The van der Waals surface area contributed by atoms with Gasteiger partial charge in [0.2, 0.25) is 12.2 Å². The minimum Gasteiger partial charge on any atom is -0.439 e. The first-order chi connectivity index (χ1) is 13.9. The maximum Gasteiger partial charge on any atom is 0.304 e. The number of benzene rings is 2. The molecule has 1 N–H and O–H groups in total. The van der Waals surface area contributed by atoms with Crippen molar-refractivity contribution in [1.82, 2.24) is 9.55 Å². The summed E-state index contributed by atoms with van der Waals surface area (Å²) in [5.41, 5.74) is 3.72. The van der Waals surface area contributed by atoms with E-state index in [-0.39, 0.29) is 12.0 Å². The van der Waals surface area contributed by atoms with Gasteiger partial charge >= 0.3 is 5.97 Å². The molecule has 3 aromatic rings. The predicted molar refractivity (Wildman–Crippen MR) is 117 cm³/mol. The van der Waals surface area contributed by atoms with E-state index in [4.69, 9.17) is 32.9 Å². The lowest BCUT2D eigenvalue weighted by molar-refractivity contribution is -0.145. The van der Waals surface area contributed by atoms with E-state index < -0.39 is 6.23 Å². The van der Waals surface area contributed by atoms with Crippen LogP contribution < -0.4 is 10.2 Å². The zero-order valence-electron chi connectivity index (χ0n) is 16.4. The van der Waals surface area contributed by atoms with Gasteiger partial charge in [-0.2, -0.15) is 0 Å². The molecule has 1 aliphatic rings. The summed E-state index contributed by atoms with van der Waals surface area (Å²) < 4.78 is 7.61. The molecule has 1 aliphatic heterocycles. The number of esters is 1. The van der Waals surface area contributed by atoms with Crippen molar-refractivity contribution in [2.24, 2.45) is 0 Å². The molecule has 2 heterocycles. The molecule has 4 rings (SSSR count). The highest BCUT2D eigenvalue weighted by molar-refractivity contribution is 6.35. The van der Waals surface area contributed by atoms with Crippen LogP contribution in [0.15, 0.2) is 36.4 Å². The second kappa shape index (κ2) is 7.76. The van der Waals surface area contributed by atoms with E-state index in [1.165, 1.54) is 6.92 Å². The van der Waals surface area contributed by atoms with Crippen LogP contribution in [0.25, 0.3) is 11.0 Å². The molecule has 0 spiro atoms. The summed E-state index contributed by atoms with van der Waals surface area (Å²) >= 11 is 12.6. The highest BCUT2D eigenvalue weighted by Gasteiger charge is 2.39. The van der Waals surface area contributed by atoms with Gasteiger partial charge in [-0.1, -0.05) is 35.3 Å². The Morgan fingerprint density at radius 2 is 2.00 bits per heavy atom. The van der Waals surface area contributed by atoms with Crippen LogP contribution in [0.3, 0.4) is 0 Å². The minimum absolute atomic E-state index is 0.365. The van der Waals surface area contributed by atoms with Crippen molar-refractivity contribution in [1.29, 1.82) is 0 Å². The lowest BCUT2D eigenvalue weighted by Gasteiger charge is -2.24. The number of anilines is 2. The lowest BCUT2D eigenvalue weighted by atomic mass is 10.1. The van der Waals surface area contributed by atoms with Crippen LogP contribution in [-0.4, -0.2) is 34.8 Å². The molecular weight excluding hydrogens is 411 g/mol. The minimum atomic E-state index is -0.616. The number of imidazole rings is 1. The molecule has 0 aliphatic carbocycles. The quantitative estimate of drug-likeness (QED) is 0.568. The zero-order valence-corrected chi connectivity index (χ0v) is 18.0. The van der Waals surface area contributed by atoms with Gasteiger partial charge in [0.15, 0.2) is 0 Å². The summed E-state index contributed by atoms with van der Waals surface area (Å²) in [6.45, 7) is 7.40. The number of aromatic nitrogens is 2. The number of carbonyl (C=O) groups excluding carboxylic acids is 1. The maximum atomic E-state index is 11.7. The summed E-state index contributed by atoms with van der Waals surface area (Å²) in [5.74, 6) is 0.262. The van der Waals surface area contributed by atoms with E-state index in [1.807, 2.05) is 22.8 Å². The van der Waals surface area contributed by atoms with E-state index in [2.05, 4.69) is 30.1 Å². The molecule has 1 aromatic heterocycles. The molecule has 0 saturated carbocycles. The molecule has 0 fully saturated rings. The standard InChI is InChI=1S/C21H22Cl2N4O2/c1-4-26(5-2)16-7-6-8-17-18(16)24-21-25-20(29-12(3)28)19(27(17)21)14-10-9-13(22)11-15(14)23/h6-11,19-20H,4-5H2,1-3H3,(H,24,25). The Morgan fingerprint density at radius 1 is 1.24 bits per heavy atom. The number of rotatable bonds is 5. The van der Waals surface area contributed by atoms with Crippen molar-refractivity contribution in [3.63, 3.8) is 0 Å². The molecule has 2 atom stereocenters. The Hall–Kier alpha value is -2.44. The summed E-state index contributed by atoms with van der Waals surface area (Å²) in [5, 5.41) is 4.31. The first kappa shape index (κ1) is 19.9. The van der Waals surface area contributed by atoms with Gasteiger partial charge in [0, 0.05) is 30.1 Å². The van der Waals surface area contributed by atoms with E-state index in [9.17, 15) is 4.79 Å². The van der Waals surface area contributed by atoms with Gasteiger partial charge in [0.1, 0.15) is 11.6 Å². The third-order valence-electron chi connectivity index (χ3n) is 5.21. The predicted octanol–water partition coefficient (Wildman–Crippen LogP) is 5.09. The Bertz CT molecular complexity index is 1080. The van der Waals surface area contributed by atoms with Crippen LogP contribution in [0.1, 0.15) is 32.4 Å². The van der Waals surface area contributed by atoms with Crippen LogP contribution in [-0.2, 0) is 9.53 Å². The molecule has 0 amide bonds. The first-order valence-electron chi connectivity index (χ1n) is 9.59. The third-order valence-corrected chi connectivity index (χ3v) is 5.78. The Morgan fingerprint density at radius 3 is 2.66 bits per heavy atom. The molecule has 6 nitrogen and oxygen atoms in total. The Kier molecular flexibility index (Phi) is 5.32. The normalized spacial score (nSPS) is 17.8. The SMILES string of the molecule is CCN(CC)c1cccc2c1nc1n2C(c2ccc(Cl)cc2Cl)C(OC(C)=O)N1. The number of carbonyl (C=O) groups is 1. The average molecular weight is 433 g/mol. The number of ether oxygens (including phenoxy) is 1. The molecule has 29 heavy (non-hydrogen) atoms. The fraction of sp³-hybridized carbons (Fsp3) is 0.333. The second-order valence-corrected chi connectivity index (χ2v) is 7.75. The highest BCUT2D eigenvalue weighted by atomic mass is 35.5. The summed E-state index contributed by atoms with van der Waals surface area (Å²) in [4.78, 5) is 18.8. The van der Waals surface area contributed by atoms with Crippen molar-refractivity contribution >= 4 is 51.8 Å². The van der Waals surface area contributed by atoms with E-state index in [0.717, 1.165) is 35.4 Å². The van der Waals surface area contributed by atoms with Crippen LogP contribution in [0.5, 0.6) is 0 Å². The van der Waals surface area contributed by atoms with Gasteiger partial charge in [-0.3, -0.25) is 9.36 Å². The van der Waals surface area contributed by atoms with Gasteiger partial charge < -0.3 is 15.0 Å². The Balaban J connectivity index is 1.91. The first-order valence-corrected chi connectivity index (χ1v) is 10.3. The number of nitrogens with zero attached hydrogens (tertiary/aromatic N) is 3. The molecule has 152 valence electrons. The number of para-hydroxylation sites is 1. The molecular formula is C21H22Cl2N4O2. The van der Waals surface area contributed by atoms with E-state index in [0.29, 0.717) is 16.0 Å². The van der Waals surface area contributed by atoms with Crippen LogP contribution in [0.2, 0.25) is 10.0 Å². The molecule has 0 radical (unpaired) electrons. The van der Waals surface area contributed by atoms with Gasteiger partial charge in [-0.15, -0.1) is 0 Å². The molecule has 0 bridgehead atoms. The van der Waals surface area contributed by atoms with E-state index in [1.54, 1.807) is 12.1 Å². The van der Waals surface area contributed by atoms with Crippen LogP contribution in [0.4, 0.5) is 11.6 Å². The Labute approximate surface area is 179 Å². The van der Waals surface area contributed by atoms with Crippen molar-refractivity contribution < 1.29 is 9.53 Å². The molecule has 2 unspecified atom stereocenters. The average Bonchev–Trinajstić information content (AvgIpc) is 3.19. The van der Waals surface area contributed by atoms with Gasteiger partial charge in [0.25, 0.3) is 0 Å². The fourth-order valence-electron chi connectivity index (χ4n) is 3.96. The van der Waals surface area contributed by atoms with Crippen molar-refractivity contribution in [2.75, 3.05) is 23.3 Å². The van der Waals surface area contributed by atoms with Crippen LogP contribution in [0, 0.1) is 0 Å². The summed E-state index contributed by atoms with van der Waals surface area (Å²) in [7, 11) is 0. The number of nitrogens with one attached hydrogen (secondary N) is 1. The third kappa shape index (κ3) is 3.40. The van der Waals surface area contributed by atoms with Crippen molar-refractivity contribution in [3.05, 3.63) is 52.0 Å². The molecule has 2 aromatic carbocycles. The molecule has 8 heteroatoms.